The summed E-state index contributed by atoms with van der Waals surface area (Å²) in [7, 11) is 0. The van der Waals surface area contributed by atoms with E-state index >= 15 is 0 Å². The van der Waals surface area contributed by atoms with Gasteiger partial charge >= 0.3 is 0 Å². The molecule has 0 N–H and O–H groups in total. The quantitative estimate of drug-likeness (QED) is 0.474. The maximum atomic E-state index is 11.2. The van der Waals surface area contributed by atoms with Gasteiger partial charge in [0.15, 0.2) is 0 Å². The van der Waals surface area contributed by atoms with Crippen molar-refractivity contribution < 1.29 is 4.39 Å². The fraction of sp³-hybridized carbons (Fsp3) is 0.333. The fourth-order valence-electron chi connectivity index (χ4n) is 0.238. The maximum absolute atomic E-state index is 11.2. The van der Waals surface area contributed by atoms with E-state index in [1.54, 1.807) is 6.08 Å². The van der Waals surface area contributed by atoms with Crippen LogP contribution in [0.5, 0.6) is 0 Å². The van der Waals surface area contributed by atoms with E-state index in [2.05, 4.69) is 0 Å². The van der Waals surface area contributed by atoms with Crippen molar-refractivity contribution in [3.8, 4) is 0 Å². The molecule has 0 fully saturated rings. The molecule has 0 unspecified atom stereocenters. The lowest BCUT2D eigenvalue weighted by Crippen LogP contribution is -1.59. The molecule has 0 aromatic heterocycles. The van der Waals surface area contributed by atoms with E-state index in [-0.39, 0.29) is 0 Å². The van der Waals surface area contributed by atoms with Crippen LogP contribution in [0.2, 0.25) is 0 Å². The summed E-state index contributed by atoms with van der Waals surface area (Å²) in [6.45, 7) is 4.58. The lowest BCUT2D eigenvalue weighted by atomic mass is 10.4. The van der Waals surface area contributed by atoms with Gasteiger partial charge in [0, 0.05) is 0 Å². The van der Waals surface area contributed by atoms with Crippen molar-refractivity contribution in [3.05, 3.63) is 24.8 Å². The number of alkyl halides is 1. The van der Waals surface area contributed by atoms with Crippen molar-refractivity contribution >= 4 is 0 Å². The SMILES string of the molecule is [CH]=CCC=CCF. The Morgan fingerprint density at radius 2 is 2.14 bits per heavy atom. The number of halogens is 1. The molecule has 39 valence electrons. The monoisotopic (exact) mass is 99.1 g/mol. The van der Waals surface area contributed by atoms with Gasteiger partial charge in [0.1, 0.15) is 6.67 Å². The van der Waals surface area contributed by atoms with Gasteiger partial charge in [-0.05, 0) is 6.42 Å². The molecule has 0 aliphatic rings. The minimum absolute atomic E-state index is 0.395. The standard InChI is InChI=1S/C6H8F/c1-2-3-4-5-6-7/h1-2,4-5H,3,6H2. The van der Waals surface area contributed by atoms with Crippen LogP contribution in [0.4, 0.5) is 4.39 Å². The summed E-state index contributed by atoms with van der Waals surface area (Å²) in [6, 6.07) is 0. The first kappa shape index (κ1) is 6.41. The molecule has 0 atom stereocenters. The van der Waals surface area contributed by atoms with Crippen LogP contribution in [-0.4, -0.2) is 6.67 Å². The molecule has 0 aliphatic carbocycles. The average molecular weight is 99.1 g/mol. The van der Waals surface area contributed by atoms with Crippen LogP contribution in [0, 0.1) is 6.58 Å². The van der Waals surface area contributed by atoms with Crippen LogP contribution in [0.1, 0.15) is 6.42 Å². The Kier molecular flexibility index (Phi) is 4.95. The highest BCUT2D eigenvalue weighted by Gasteiger charge is 1.65. The largest absolute Gasteiger partial charge is 0.247 e. The average Bonchev–Trinajstić information content (AvgIpc) is 1.69. The van der Waals surface area contributed by atoms with E-state index in [0.29, 0.717) is 6.42 Å². The predicted octanol–water partition coefficient (Wildman–Crippen LogP) is 1.89. The fourth-order valence-corrected chi connectivity index (χ4v) is 0.238. The molecule has 0 aromatic carbocycles. The van der Waals surface area contributed by atoms with Crippen molar-refractivity contribution in [1.29, 1.82) is 0 Å². The molecule has 0 bridgehead atoms. The van der Waals surface area contributed by atoms with E-state index < -0.39 is 6.67 Å². The van der Waals surface area contributed by atoms with Crippen LogP contribution in [0.25, 0.3) is 0 Å². The molecule has 0 spiro atoms. The molecule has 0 rings (SSSR count). The third-order valence-electron chi connectivity index (χ3n) is 0.528. The summed E-state index contributed by atoms with van der Waals surface area (Å²) in [5.74, 6) is 0. The van der Waals surface area contributed by atoms with E-state index in [4.69, 9.17) is 6.58 Å². The van der Waals surface area contributed by atoms with E-state index in [1.165, 1.54) is 12.2 Å². The number of hydrogen-bond acceptors (Lipinski definition) is 0. The number of hydrogen-bond donors (Lipinski definition) is 0. The zero-order valence-corrected chi connectivity index (χ0v) is 4.10. The molecule has 1 radical (unpaired) electrons. The van der Waals surface area contributed by atoms with Gasteiger partial charge in [-0.3, -0.25) is 0 Å². The Morgan fingerprint density at radius 1 is 1.43 bits per heavy atom. The normalized spacial score (nSPS) is 9.86. The Morgan fingerprint density at radius 3 is 2.57 bits per heavy atom. The van der Waals surface area contributed by atoms with Gasteiger partial charge in [-0.25, -0.2) is 4.39 Å². The second-order valence-electron chi connectivity index (χ2n) is 1.10. The molecular weight excluding hydrogens is 91.1 g/mol. The van der Waals surface area contributed by atoms with Crippen molar-refractivity contribution in [2.75, 3.05) is 6.67 Å². The first-order valence-corrected chi connectivity index (χ1v) is 2.16. The lowest BCUT2D eigenvalue weighted by Gasteiger charge is -1.73. The second kappa shape index (κ2) is 5.41. The molecule has 0 heterocycles. The highest BCUT2D eigenvalue weighted by molar-refractivity contribution is 4.86. The van der Waals surface area contributed by atoms with E-state index in [0.717, 1.165) is 0 Å². The molecule has 0 saturated heterocycles. The van der Waals surface area contributed by atoms with Gasteiger partial charge in [-0.1, -0.05) is 24.8 Å². The first-order chi connectivity index (χ1) is 3.41. The van der Waals surface area contributed by atoms with Crippen LogP contribution in [-0.2, 0) is 0 Å². The second-order valence-corrected chi connectivity index (χ2v) is 1.10. The van der Waals surface area contributed by atoms with Crippen LogP contribution in [0.3, 0.4) is 0 Å². The highest BCUT2D eigenvalue weighted by Crippen LogP contribution is 1.81. The Balaban J connectivity index is 2.92. The molecule has 0 saturated carbocycles. The summed E-state index contributed by atoms with van der Waals surface area (Å²) in [6.07, 6.45) is 5.25. The zero-order chi connectivity index (χ0) is 5.54. The molecule has 7 heavy (non-hydrogen) atoms. The maximum Gasteiger partial charge on any atom is 0.108 e. The van der Waals surface area contributed by atoms with Crippen molar-refractivity contribution in [3.63, 3.8) is 0 Å². The molecular formula is C6H8F. The number of rotatable bonds is 3. The van der Waals surface area contributed by atoms with Gasteiger partial charge < -0.3 is 0 Å². The smallest absolute Gasteiger partial charge is 0.108 e. The summed E-state index contributed by atoms with van der Waals surface area (Å²) in [5, 5.41) is 0. The minimum atomic E-state index is -0.395. The summed E-state index contributed by atoms with van der Waals surface area (Å²) in [5.41, 5.74) is 0. The van der Waals surface area contributed by atoms with Crippen molar-refractivity contribution in [2.24, 2.45) is 0 Å². The summed E-state index contributed by atoms with van der Waals surface area (Å²) in [4.78, 5) is 0. The predicted molar refractivity (Wildman–Crippen MR) is 28.6 cm³/mol. The van der Waals surface area contributed by atoms with Crippen LogP contribution < -0.4 is 0 Å². The number of allylic oxidation sites excluding steroid dienone is 3. The van der Waals surface area contributed by atoms with Crippen molar-refractivity contribution in [1.82, 2.24) is 0 Å². The van der Waals surface area contributed by atoms with Crippen LogP contribution in [0.15, 0.2) is 18.2 Å². The summed E-state index contributed by atoms with van der Waals surface area (Å²) >= 11 is 0. The lowest BCUT2D eigenvalue weighted by molar-refractivity contribution is 0.561. The molecule has 0 aromatic rings. The minimum Gasteiger partial charge on any atom is -0.247 e. The van der Waals surface area contributed by atoms with Gasteiger partial charge in [-0.15, -0.1) is 0 Å². The topological polar surface area (TPSA) is 0 Å². The van der Waals surface area contributed by atoms with Crippen molar-refractivity contribution in [2.45, 2.75) is 6.42 Å². The van der Waals surface area contributed by atoms with Gasteiger partial charge in [0.25, 0.3) is 0 Å². The third kappa shape index (κ3) is 5.41. The Labute approximate surface area is 43.4 Å². The zero-order valence-electron chi connectivity index (χ0n) is 4.10. The third-order valence-corrected chi connectivity index (χ3v) is 0.528. The molecule has 1 heteroatoms. The summed E-state index contributed by atoms with van der Waals surface area (Å²) < 4.78 is 11.2. The Hall–Kier alpha value is -0.590. The molecule has 0 amide bonds. The first-order valence-electron chi connectivity index (χ1n) is 2.16. The van der Waals surface area contributed by atoms with Crippen LogP contribution >= 0.6 is 0 Å². The van der Waals surface area contributed by atoms with Gasteiger partial charge in [0.2, 0.25) is 0 Å². The Bertz CT molecular complexity index is 64.6. The van der Waals surface area contributed by atoms with E-state index in [1.807, 2.05) is 0 Å². The van der Waals surface area contributed by atoms with Gasteiger partial charge in [-0.2, -0.15) is 0 Å². The van der Waals surface area contributed by atoms with E-state index in [9.17, 15) is 4.39 Å². The highest BCUT2D eigenvalue weighted by atomic mass is 19.1. The molecule has 0 nitrogen and oxygen atoms in total. The molecule has 0 aliphatic heterocycles. The van der Waals surface area contributed by atoms with Gasteiger partial charge in [0.05, 0.1) is 0 Å².